The number of rotatable bonds is 4. The van der Waals surface area contributed by atoms with Crippen LogP contribution in [0.25, 0.3) is 0 Å². The van der Waals surface area contributed by atoms with E-state index in [-0.39, 0.29) is 5.91 Å². The lowest BCUT2D eigenvalue weighted by atomic mass is 9.99. The zero-order valence-corrected chi connectivity index (χ0v) is 10.4. The minimum Gasteiger partial charge on any atom is -0.334 e. The van der Waals surface area contributed by atoms with Crippen molar-refractivity contribution >= 4 is 11.9 Å². The second kappa shape index (κ2) is 7.06. The Bertz CT molecular complexity index is 283. The molecule has 3 amide bonds. The molecule has 1 saturated heterocycles. The van der Waals surface area contributed by atoms with E-state index >= 15 is 0 Å². The molecule has 96 valence electrons. The van der Waals surface area contributed by atoms with Crippen LogP contribution in [-0.4, -0.2) is 43.0 Å². The van der Waals surface area contributed by atoms with Crippen molar-refractivity contribution in [1.29, 1.82) is 0 Å². The van der Waals surface area contributed by atoms with Crippen LogP contribution in [0.1, 0.15) is 19.8 Å². The molecule has 5 nitrogen and oxygen atoms in total. The van der Waals surface area contributed by atoms with Gasteiger partial charge in [0.25, 0.3) is 0 Å². The van der Waals surface area contributed by atoms with Crippen molar-refractivity contribution in [2.45, 2.75) is 19.8 Å². The van der Waals surface area contributed by atoms with E-state index in [9.17, 15) is 9.59 Å². The number of amides is 3. The summed E-state index contributed by atoms with van der Waals surface area (Å²) in [4.78, 5) is 24.8. The fraction of sp³-hybridized carbons (Fsp3) is 0.667. The Morgan fingerprint density at radius 3 is 2.65 bits per heavy atom. The van der Waals surface area contributed by atoms with Crippen LogP contribution in [0.15, 0.2) is 12.7 Å². The second-order valence-electron chi connectivity index (χ2n) is 4.51. The molecule has 0 bridgehead atoms. The molecule has 2 N–H and O–H groups in total. The maximum atomic E-state index is 11.5. The first-order chi connectivity index (χ1) is 8.11. The number of urea groups is 1. The Kier molecular flexibility index (Phi) is 5.69. The molecule has 0 aromatic rings. The summed E-state index contributed by atoms with van der Waals surface area (Å²) in [6, 6.07) is -0.458. The van der Waals surface area contributed by atoms with E-state index in [1.807, 2.05) is 0 Å². The first-order valence-corrected chi connectivity index (χ1v) is 6.02. The molecule has 1 fully saturated rings. The number of carbonyl (C=O) groups is 2. The maximum Gasteiger partial charge on any atom is 0.321 e. The molecule has 1 aliphatic rings. The molecule has 1 rings (SSSR count). The lowest BCUT2D eigenvalue weighted by molar-refractivity contribution is -0.121. The highest BCUT2D eigenvalue weighted by atomic mass is 16.2. The number of carbonyl (C=O) groups excluding carboxylic acids is 2. The van der Waals surface area contributed by atoms with Gasteiger partial charge in [-0.25, -0.2) is 4.79 Å². The quantitative estimate of drug-likeness (QED) is 0.711. The first kappa shape index (κ1) is 13.7. The molecule has 1 heterocycles. The van der Waals surface area contributed by atoms with Gasteiger partial charge in [-0.3, -0.25) is 15.0 Å². The molecule has 0 aromatic heterocycles. The number of nitrogens with one attached hydrogen (secondary N) is 2. The summed E-state index contributed by atoms with van der Waals surface area (Å²) in [5.74, 6) is 0.492. The Morgan fingerprint density at radius 1 is 1.41 bits per heavy atom. The average Bonchev–Trinajstić information content (AvgIpc) is 2.29. The van der Waals surface area contributed by atoms with E-state index < -0.39 is 6.03 Å². The first-order valence-electron chi connectivity index (χ1n) is 6.02. The standard InChI is InChI=1S/C12H21N3O2/c1-3-6-13-12(17)14-11(16)9-15-7-4-10(2)5-8-15/h3,10H,1,4-9H2,2H3,(H2,13,14,16,17). The Morgan fingerprint density at radius 2 is 2.06 bits per heavy atom. The number of nitrogens with zero attached hydrogens (tertiary/aromatic N) is 1. The number of imide groups is 1. The van der Waals surface area contributed by atoms with E-state index in [1.165, 1.54) is 0 Å². The number of piperidine rings is 1. The van der Waals surface area contributed by atoms with Crippen LogP contribution < -0.4 is 10.6 Å². The molecule has 17 heavy (non-hydrogen) atoms. The summed E-state index contributed by atoms with van der Waals surface area (Å²) in [6.07, 6.45) is 3.81. The van der Waals surface area contributed by atoms with Gasteiger partial charge >= 0.3 is 6.03 Å². The van der Waals surface area contributed by atoms with E-state index in [0.29, 0.717) is 13.1 Å². The van der Waals surface area contributed by atoms with Crippen molar-refractivity contribution in [3.8, 4) is 0 Å². The van der Waals surface area contributed by atoms with E-state index in [1.54, 1.807) is 6.08 Å². The minimum atomic E-state index is -0.458. The summed E-state index contributed by atoms with van der Waals surface area (Å²) in [5, 5.41) is 4.79. The molecule has 0 aromatic carbocycles. The molecule has 5 heteroatoms. The van der Waals surface area contributed by atoms with E-state index in [0.717, 1.165) is 31.8 Å². The third-order valence-corrected chi connectivity index (χ3v) is 2.90. The molecule has 0 unspecified atom stereocenters. The van der Waals surface area contributed by atoms with Gasteiger partial charge in [0.2, 0.25) is 5.91 Å². The van der Waals surface area contributed by atoms with Crippen molar-refractivity contribution in [2.24, 2.45) is 5.92 Å². The fourth-order valence-electron chi connectivity index (χ4n) is 1.80. The average molecular weight is 239 g/mol. The van der Waals surface area contributed by atoms with Crippen molar-refractivity contribution in [3.05, 3.63) is 12.7 Å². The zero-order chi connectivity index (χ0) is 12.7. The van der Waals surface area contributed by atoms with Gasteiger partial charge in [0.05, 0.1) is 6.54 Å². The normalized spacial score (nSPS) is 17.5. The van der Waals surface area contributed by atoms with Crippen molar-refractivity contribution in [1.82, 2.24) is 15.5 Å². The van der Waals surface area contributed by atoms with Crippen LogP contribution in [0.2, 0.25) is 0 Å². The monoisotopic (exact) mass is 239 g/mol. The van der Waals surface area contributed by atoms with E-state index in [2.05, 4.69) is 29.0 Å². The van der Waals surface area contributed by atoms with Crippen LogP contribution in [0, 0.1) is 5.92 Å². The largest absolute Gasteiger partial charge is 0.334 e. The maximum absolute atomic E-state index is 11.5. The predicted molar refractivity (Wildman–Crippen MR) is 66.6 cm³/mol. The summed E-state index contributed by atoms with van der Waals surface area (Å²) < 4.78 is 0. The van der Waals surface area contributed by atoms with Crippen LogP contribution in [0.4, 0.5) is 4.79 Å². The van der Waals surface area contributed by atoms with Gasteiger partial charge in [-0.15, -0.1) is 6.58 Å². The highest BCUT2D eigenvalue weighted by Gasteiger charge is 2.18. The Labute approximate surface area is 102 Å². The number of likely N-dealkylation sites (tertiary alicyclic amines) is 1. The number of hydrogen-bond acceptors (Lipinski definition) is 3. The van der Waals surface area contributed by atoms with E-state index in [4.69, 9.17) is 0 Å². The summed E-state index contributed by atoms with van der Waals surface area (Å²) in [7, 11) is 0. The van der Waals surface area contributed by atoms with Gasteiger partial charge in [-0.1, -0.05) is 13.0 Å². The molecule has 0 saturated carbocycles. The SMILES string of the molecule is C=CCNC(=O)NC(=O)CN1CCC(C)CC1. The molecule has 0 aliphatic carbocycles. The van der Waals surface area contributed by atoms with Gasteiger partial charge in [0, 0.05) is 6.54 Å². The third kappa shape index (κ3) is 5.49. The topological polar surface area (TPSA) is 61.4 Å². The highest BCUT2D eigenvalue weighted by molar-refractivity contribution is 5.95. The highest BCUT2D eigenvalue weighted by Crippen LogP contribution is 2.15. The molecule has 1 aliphatic heterocycles. The van der Waals surface area contributed by atoms with Crippen molar-refractivity contribution in [2.75, 3.05) is 26.2 Å². The summed E-state index contributed by atoms with van der Waals surface area (Å²) >= 11 is 0. The van der Waals surface area contributed by atoms with Gasteiger partial charge in [0.1, 0.15) is 0 Å². The Hall–Kier alpha value is -1.36. The zero-order valence-electron chi connectivity index (χ0n) is 10.4. The van der Waals surface area contributed by atoms with Crippen molar-refractivity contribution < 1.29 is 9.59 Å². The summed E-state index contributed by atoms with van der Waals surface area (Å²) in [6.45, 7) is 8.23. The van der Waals surface area contributed by atoms with Crippen LogP contribution in [0.3, 0.4) is 0 Å². The van der Waals surface area contributed by atoms with Gasteiger partial charge < -0.3 is 5.32 Å². The second-order valence-corrected chi connectivity index (χ2v) is 4.51. The fourth-order valence-corrected chi connectivity index (χ4v) is 1.80. The minimum absolute atomic E-state index is 0.249. The molecule has 0 atom stereocenters. The van der Waals surface area contributed by atoms with Crippen LogP contribution >= 0.6 is 0 Å². The van der Waals surface area contributed by atoms with Crippen LogP contribution in [0.5, 0.6) is 0 Å². The third-order valence-electron chi connectivity index (χ3n) is 2.90. The van der Waals surface area contributed by atoms with Crippen molar-refractivity contribution in [3.63, 3.8) is 0 Å². The molecular formula is C12H21N3O2. The molecule has 0 radical (unpaired) electrons. The molecule has 0 spiro atoms. The van der Waals surface area contributed by atoms with Gasteiger partial charge in [0.15, 0.2) is 0 Å². The number of hydrogen-bond donors (Lipinski definition) is 2. The van der Waals surface area contributed by atoms with Gasteiger partial charge in [-0.2, -0.15) is 0 Å². The lowest BCUT2D eigenvalue weighted by Gasteiger charge is -2.29. The van der Waals surface area contributed by atoms with Gasteiger partial charge in [-0.05, 0) is 31.8 Å². The predicted octanol–water partition coefficient (Wildman–Crippen LogP) is 0.730. The summed E-state index contributed by atoms with van der Waals surface area (Å²) in [5.41, 5.74) is 0. The molecular weight excluding hydrogens is 218 g/mol. The van der Waals surface area contributed by atoms with Crippen LogP contribution in [-0.2, 0) is 4.79 Å². The Balaban J connectivity index is 2.20. The lowest BCUT2D eigenvalue weighted by Crippen LogP contribution is -2.46. The smallest absolute Gasteiger partial charge is 0.321 e.